The molecule has 18 heavy (non-hydrogen) atoms. The highest BCUT2D eigenvalue weighted by Gasteiger charge is 2.17. The van der Waals surface area contributed by atoms with E-state index >= 15 is 0 Å². The molecule has 2 heterocycles. The molecule has 0 N–H and O–H groups in total. The predicted molar refractivity (Wildman–Crippen MR) is 65.1 cm³/mol. The fourth-order valence-corrected chi connectivity index (χ4v) is 1.47. The molecule has 0 spiro atoms. The molecule has 0 aliphatic carbocycles. The van der Waals surface area contributed by atoms with Gasteiger partial charge in [0, 0.05) is 13.2 Å². The second kappa shape index (κ2) is 4.72. The summed E-state index contributed by atoms with van der Waals surface area (Å²) < 4.78 is 5.26. The number of nitrogens with zero attached hydrogens (tertiary/aromatic N) is 3. The van der Waals surface area contributed by atoms with Crippen molar-refractivity contribution in [1.82, 2.24) is 4.98 Å². The van der Waals surface area contributed by atoms with E-state index in [9.17, 15) is 4.79 Å². The first kappa shape index (κ1) is 11.9. The smallest absolute Gasteiger partial charge is 0.294 e. The van der Waals surface area contributed by atoms with Gasteiger partial charge >= 0.3 is 0 Å². The topological polar surface area (TPSA) is 70.1 Å². The highest BCUT2D eigenvalue weighted by molar-refractivity contribution is 6.03. The summed E-state index contributed by atoms with van der Waals surface area (Å²) in [5.74, 6) is 1.13. The Morgan fingerprint density at radius 3 is 2.67 bits per heavy atom. The SMILES string of the molecule is Cc1ccc(C(=O)N(C)c2ccc(C#N)cn2)o1. The molecule has 0 aliphatic rings. The number of furan rings is 1. The second-order valence-corrected chi connectivity index (χ2v) is 3.79. The van der Waals surface area contributed by atoms with Crippen LogP contribution in [0.15, 0.2) is 34.9 Å². The maximum Gasteiger partial charge on any atom is 0.294 e. The summed E-state index contributed by atoms with van der Waals surface area (Å²) in [7, 11) is 1.61. The van der Waals surface area contributed by atoms with Gasteiger partial charge in [-0.25, -0.2) is 4.98 Å². The van der Waals surface area contributed by atoms with E-state index in [1.165, 1.54) is 11.1 Å². The average molecular weight is 241 g/mol. The lowest BCUT2D eigenvalue weighted by Crippen LogP contribution is -2.26. The Bertz CT molecular complexity index is 608. The third-order valence-electron chi connectivity index (χ3n) is 2.48. The quantitative estimate of drug-likeness (QED) is 0.807. The standard InChI is InChI=1S/C13H11N3O2/c1-9-3-5-11(18-9)13(17)16(2)12-6-4-10(7-14)8-15-12/h3-6,8H,1-2H3. The zero-order valence-electron chi connectivity index (χ0n) is 10.0. The molecule has 0 aliphatic heterocycles. The fourth-order valence-electron chi connectivity index (χ4n) is 1.47. The van der Waals surface area contributed by atoms with Gasteiger partial charge in [-0.3, -0.25) is 9.69 Å². The Morgan fingerprint density at radius 2 is 2.17 bits per heavy atom. The number of rotatable bonds is 2. The van der Waals surface area contributed by atoms with E-state index in [2.05, 4.69) is 4.98 Å². The fraction of sp³-hybridized carbons (Fsp3) is 0.154. The maximum absolute atomic E-state index is 12.0. The van der Waals surface area contributed by atoms with Gasteiger partial charge in [-0.05, 0) is 31.2 Å². The number of nitriles is 1. The lowest BCUT2D eigenvalue weighted by molar-refractivity contribution is 0.0964. The van der Waals surface area contributed by atoms with Crippen LogP contribution in [0, 0.1) is 18.3 Å². The van der Waals surface area contributed by atoms with Crippen molar-refractivity contribution >= 4 is 11.7 Å². The van der Waals surface area contributed by atoms with E-state index in [0.29, 0.717) is 17.1 Å². The first-order chi connectivity index (χ1) is 8.61. The molecule has 0 bridgehead atoms. The van der Waals surface area contributed by atoms with Gasteiger partial charge in [-0.1, -0.05) is 0 Å². The van der Waals surface area contributed by atoms with Gasteiger partial charge in [0.15, 0.2) is 5.76 Å². The molecule has 2 aromatic rings. The zero-order valence-corrected chi connectivity index (χ0v) is 10.0. The molecule has 0 unspecified atom stereocenters. The molecule has 0 aromatic carbocycles. The number of aromatic nitrogens is 1. The Morgan fingerprint density at radius 1 is 1.39 bits per heavy atom. The molecule has 2 rings (SSSR count). The summed E-state index contributed by atoms with van der Waals surface area (Å²) in [5.41, 5.74) is 0.452. The summed E-state index contributed by atoms with van der Waals surface area (Å²) in [4.78, 5) is 17.5. The van der Waals surface area contributed by atoms with Gasteiger partial charge in [0.2, 0.25) is 0 Å². The van der Waals surface area contributed by atoms with Crippen molar-refractivity contribution in [1.29, 1.82) is 5.26 Å². The predicted octanol–water partition coefficient (Wildman–Crippen LogP) is 2.13. The number of pyridine rings is 1. The Kier molecular flexibility index (Phi) is 3.11. The molecule has 5 heteroatoms. The van der Waals surface area contributed by atoms with Gasteiger partial charge in [0.1, 0.15) is 17.6 Å². The Balaban J connectivity index is 2.23. The number of carbonyl (C=O) groups is 1. The van der Waals surface area contributed by atoms with Crippen LogP contribution in [-0.4, -0.2) is 17.9 Å². The molecule has 0 saturated heterocycles. The minimum Gasteiger partial charge on any atom is -0.456 e. The van der Waals surface area contributed by atoms with Crippen molar-refractivity contribution in [3.63, 3.8) is 0 Å². The molecule has 0 saturated carbocycles. The third kappa shape index (κ3) is 2.23. The molecule has 1 amide bonds. The van der Waals surface area contributed by atoms with E-state index in [0.717, 1.165) is 0 Å². The number of anilines is 1. The number of carbonyl (C=O) groups excluding carboxylic acids is 1. The van der Waals surface area contributed by atoms with Gasteiger partial charge in [0.05, 0.1) is 5.56 Å². The van der Waals surface area contributed by atoms with Crippen molar-refractivity contribution in [3.05, 3.63) is 47.5 Å². The van der Waals surface area contributed by atoms with Crippen molar-refractivity contribution in [3.8, 4) is 6.07 Å². The normalized spacial score (nSPS) is 9.83. The van der Waals surface area contributed by atoms with Crippen LogP contribution in [0.1, 0.15) is 21.9 Å². The zero-order chi connectivity index (χ0) is 13.1. The van der Waals surface area contributed by atoms with Gasteiger partial charge in [-0.15, -0.1) is 0 Å². The van der Waals surface area contributed by atoms with Crippen LogP contribution < -0.4 is 4.90 Å². The molecule has 5 nitrogen and oxygen atoms in total. The van der Waals surface area contributed by atoms with Crippen molar-refractivity contribution < 1.29 is 9.21 Å². The third-order valence-corrected chi connectivity index (χ3v) is 2.48. The van der Waals surface area contributed by atoms with E-state index < -0.39 is 0 Å². The summed E-state index contributed by atoms with van der Waals surface area (Å²) >= 11 is 0. The van der Waals surface area contributed by atoms with Gasteiger partial charge < -0.3 is 4.42 Å². The first-order valence-electron chi connectivity index (χ1n) is 5.32. The maximum atomic E-state index is 12.0. The number of amides is 1. The van der Waals surface area contributed by atoms with E-state index in [1.54, 1.807) is 38.2 Å². The number of hydrogen-bond donors (Lipinski definition) is 0. The highest BCUT2D eigenvalue weighted by atomic mass is 16.3. The van der Waals surface area contributed by atoms with Crippen LogP contribution in [0.5, 0.6) is 0 Å². The lowest BCUT2D eigenvalue weighted by Gasteiger charge is -2.14. The molecule has 0 fully saturated rings. The van der Waals surface area contributed by atoms with Crippen molar-refractivity contribution in [2.45, 2.75) is 6.92 Å². The van der Waals surface area contributed by atoms with Crippen LogP contribution in [0.25, 0.3) is 0 Å². The van der Waals surface area contributed by atoms with Crippen LogP contribution in [-0.2, 0) is 0 Å². The van der Waals surface area contributed by atoms with Crippen LogP contribution in [0.2, 0.25) is 0 Å². The van der Waals surface area contributed by atoms with E-state index in [-0.39, 0.29) is 11.7 Å². The minimum atomic E-state index is -0.277. The van der Waals surface area contributed by atoms with Crippen LogP contribution in [0.4, 0.5) is 5.82 Å². The van der Waals surface area contributed by atoms with E-state index in [4.69, 9.17) is 9.68 Å². The second-order valence-electron chi connectivity index (χ2n) is 3.79. The lowest BCUT2D eigenvalue weighted by atomic mass is 10.3. The Labute approximate surface area is 104 Å². The van der Waals surface area contributed by atoms with Crippen LogP contribution in [0.3, 0.4) is 0 Å². The summed E-state index contributed by atoms with van der Waals surface area (Å²) in [6.45, 7) is 1.77. The first-order valence-corrected chi connectivity index (χ1v) is 5.32. The van der Waals surface area contributed by atoms with E-state index in [1.807, 2.05) is 6.07 Å². The largest absolute Gasteiger partial charge is 0.456 e. The molecule has 2 aromatic heterocycles. The summed E-state index contributed by atoms with van der Waals surface area (Å²) in [6, 6.07) is 8.55. The Hall–Kier alpha value is -2.61. The number of hydrogen-bond acceptors (Lipinski definition) is 4. The minimum absolute atomic E-state index is 0.265. The average Bonchev–Trinajstić information content (AvgIpc) is 2.84. The van der Waals surface area contributed by atoms with Crippen molar-refractivity contribution in [2.24, 2.45) is 0 Å². The molecule has 0 radical (unpaired) electrons. The van der Waals surface area contributed by atoms with Crippen LogP contribution >= 0.6 is 0 Å². The van der Waals surface area contributed by atoms with Crippen molar-refractivity contribution in [2.75, 3.05) is 11.9 Å². The molecular weight excluding hydrogens is 230 g/mol. The monoisotopic (exact) mass is 241 g/mol. The highest BCUT2D eigenvalue weighted by Crippen LogP contribution is 2.14. The molecule has 0 atom stereocenters. The molecule has 90 valence electrons. The summed E-state index contributed by atoms with van der Waals surface area (Å²) in [6.07, 6.45) is 1.42. The summed E-state index contributed by atoms with van der Waals surface area (Å²) in [5, 5.41) is 8.67. The molecular formula is C13H11N3O2. The number of aryl methyl sites for hydroxylation is 1. The van der Waals surface area contributed by atoms with Gasteiger partial charge in [0.25, 0.3) is 5.91 Å². The van der Waals surface area contributed by atoms with Gasteiger partial charge in [-0.2, -0.15) is 5.26 Å².